The number of carbonyl (C=O) groups excluding carboxylic acids is 2. The Morgan fingerprint density at radius 1 is 1.13 bits per heavy atom. The number of nitrogens with one attached hydrogen (secondary N) is 1. The van der Waals surface area contributed by atoms with Gasteiger partial charge in [0.2, 0.25) is 5.91 Å². The van der Waals surface area contributed by atoms with Gasteiger partial charge in [0.1, 0.15) is 0 Å². The summed E-state index contributed by atoms with van der Waals surface area (Å²) in [6, 6.07) is 12.1. The molecule has 0 bridgehead atoms. The maximum atomic E-state index is 12.7. The van der Waals surface area contributed by atoms with Crippen LogP contribution in [-0.4, -0.2) is 17.7 Å². The van der Waals surface area contributed by atoms with Gasteiger partial charge in [-0.05, 0) is 36.8 Å². The van der Waals surface area contributed by atoms with Gasteiger partial charge in [-0.2, -0.15) is 0 Å². The highest BCUT2D eigenvalue weighted by atomic mass is 35.5. The van der Waals surface area contributed by atoms with E-state index < -0.39 is 0 Å². The quantitative estimate of drug-likeness (QED) is 0.824. The number of carbonyl (C=O) groups is 2. The van der Waals surface area contributed by atoms with E-state index >= 15 is 0 Å². The van der Waals surface area contributed by atoms with Crippen molar-refractivity contribution in [3.63, 3.8) is 0 Å². The largest absolute Gasteiger partial charge is 0.320 e. The molecule has 0 fully saturated rings. The molecule has 118 valence electrons. The molecule has 2 aromatic carbocycles. The molecule has 0 aromatic heterocycles. The van der Waals surface area contributed by atoms with Crippen molar-refractivity contribution >= 4 is 52.1 Å². The Kier molecular flexibility index (Phi) is 4.55. The van der Waals surface area contributed by atoms with E-state index in [1.54, 1.807) is 47.4 Å². The van der Waals surface area contributed by atoms with E-state index in [1.807, 2.05) is 0 Å². The third-order valence-electron chi connectivity index (χ3n) is 3.61. The molecule has 1 aliphatic rings. The number of fused-ring (bicyclic) bond motifs is 2. The van der Waals surface area contributed by atoms with Gasteiger partial charge in [-0.1, -0.05) is 23.7 Å². The molecule has 2 amide bonds. The molecule has 6 heteroatoms. The molecule has 0 radical (unpaired) electrons. The number of rotatable bonds is 3. The van der Waals surface area contributed by atoms with Crippen molar-refractivity contribution < 1.29 is 9.59 Å². The molecule has 1 heterocycles. The molecular weight excluding hydrogens is 335 g/mol. The fraction of sp³-hybridized carbons (Fsp3) is 0.176. The van der Waals surface area contributed by atoms with Gasteiger partial charge in [0.25, 0.3) is 5.91 Å². The molecule has 4 nitrogen and oxygen atoms in total. The second-order valence-electron chi connectivity index (χ2n) is 5.15. The highest BCUT2D eigenvalue weighted by Gasteiger charge is 2.28. The maximum Gasteiger partial charge on any atom is 0.257 e. The first kappa shape index (κ1) is 15.8. The van der Waals surface area contributed by atoms with Crippen LogP contribution < -0.4 is 10.2 Å². The topological polar surface area (TPSA) is 49.4 Å². The van der Waals surface area contributed by atoms with Crippen LogP contribution in [0, 0.1) is 0 Å². The van der Waals surface area contributed by atoms with E-state index in [4.69, 9.17) is 23.2 Å². The molecule has 1 N–H and O–H groups in total. The van der Waals surface area contributed by atoms with Crippen LogP contribution in [0.4, 0.5) is 17.1 Å². The lowest BCUT2D eigenvalue weighted by atomic mass is 10.1. The van der Waals surface area contributed by atoms with E-state index in [0.717, 1.165) is 0 Å². The van der Waals surface area contributed by atoms with Crippen LogP contribution in [0.15, 0.2) is 42.5 Å². The van der Waals surface area contributed by atoms with Crippen LogP contribution in [0.3, 0.4) is 0 Å². The monoisotopic (exact) mass is 348 g/mol. The summed E-state index contributed by atoms with van der Waals surface area (Å²) in [7, 11) is 0. The van der Waals surface area contributed by atoms with Crippen LogP contribution in [0.1, 0.15) is 23.2 Å². The average molecular weight is 349 g/mol. The van der Waals surface area contributed by atoms with E-state index in [9.17, 15) is 9.59 Å². The van der Waals surface area contributed by atoms with Crippen molar-refractivity contribution in [2.24, 2.45) is 0 Å². The highest BCUT2D eigenvalue weighted by molar-refractivity contribution is 6.31. The van der Waals surface area contributed by atoms with E-state index in [0.29, 0.717) is 46.4 Å². The first-order valence-electron chi connectivity index (χ1n) is 7.20. The van der Waals surface area contributed by atoms with Crippen LogP contribution in [0.2, 0.25) is 5.02 Å². The summed E-state index contributed by atoms with van der Waals surface area (Å²) in [4.78, 5) is 26.7. The maximum absolute atomic E-state index is 12.7. The Hall–Kier alpha value is -2.04. The minimum Gasteiger partial charge on any atom is -0.320 e. The summed E-state index contributed by atoms with van der Waals surface area (Å²) in [5.74, 6) is 0.0289. The lowest BCUT2D eigenvalue weighted by Crippen LogP contribution is -2.26. The first-order chi connectivity index (χ1) is 11.1. The van der Waals surface area contributed by atoms with Gasteiger partial charge in [-0.25, -0.2) is 0 Å². The number of hydrogen-bond donors (Lipinski definition) is 1. The van der Waals surface area contributed by atoms with Crippen molar-refractivity contribution in [3.8, 4) is 0 Å². The molecule has 0 aliphatic carbocycles. The van der Waals surface area contributed by atoms with Gasteiger partial charge in [0, 0.05) is 17.3 Å². The molecule has 0 atom stereocenters. The Morgan fingerprint density at radius 3 is 2.70 bits per heavy atom. The fourth-order valence-electron chi connectivity index (χ4n) is 2.58. The summed E-state index contributed by atoms with van der Waals surface area (Å²) in [6.45, 7) is 0. The van der Waals surface area contributed by atoms with Crippen molar-refractivity contribution in [1.82, 2.24) is 0 Å². The predicted molar refractivity (Wildman–Crippen MR) is 92.9 cm³/mol. The molecular formula is C17H14Cl2N2O2. The van der Waals surface area contributed by atoms with Crippen molar-refractivity contribution in [2.45, 2.75) is 12.8 Å². The number of amides is 2. The Bertz CT molecular complexity index is 777. The zero-order chi connectivity index (χ0) is 16.4. The number of alkyl halides is 1. The Morgan fingerprint density at radius 2 is 1.91 bits per heavy atom. The molecule has 2 aromatic rings. The number of benzene rings is 2. The average Bonchev–Trinajstić information content (AvgIpc) is 2.66. The number of anilines is 3. The van der Waals surface area contributed by atoms with Crippen molar-refractivity contribution in [2.75, 3.05) is 16.1 Å². The second-order valence-corrected chi connectivity index (χ2v) is 5.97. The molecule has 0 unspecified atom stereocenters. The molecule has 0 saturated heterocycles. The Labute approximate surface area is 144 Å². The van der Waals surface area contributed by atoms with Gasteiger partial charge < -0.3 is 5.32 Å². The lowest BCUT2D eigenvalue weighted by molar-refractivity contribution is -0.117. The van der Waals surface area contributed by atoms with Crippen LogP contribution in [0.25, 0.3) is 0 Å². The Balaban J connectivity index is 2.17. The van der Waals surface area contributed by atoms with Crippen LogP contribution >= 0.6 is 23.2 Å². The highest BCUT2D eigenvalue weighted by Crippen LogP contribution is 2.39. The number of nitrogens with zero attached hydrogens (tertiary/aromatic N) is 1. The van der Waals surface area contributed by atoms with E-state index in [-0.39, 0.29) is 11.8 Å². The summed E-state index contributed by atoms with van der Waals surface area (Å²) in [5.41, 5.74) is 2.12. The summed E-state index contributed by atoms with van der Waals surface area (Å²) < 4.78 is 0. The minimum atomic E-state index is -0.267. The second kappa shape index (κ2) is 6.60. The predicted octanol–water partition coefficient (Wildman–Crippen LogP) is 4.59. The zero-order valence-corrected chi connectivity index (χ0v) is 13.7. The van der Waals surface area contributed by atoms with E-state index in [1.165, 1.54) is 0 Å². The molecule has 23 heavy (non-hydrogen) atoms. The fourth-order valence-corrected chi connectivity index (χ4v) is 2.89. The van der Waals surface area contributed by atoms with Crippen LogP contribution in [-0.2, 0) is 4.79 Å². The number of hydrogen-bond acceptors (Lipinski definition) is 2. The molecule has 3 rings (SSSR count). The van der Waals surface area contributed by atoms with Crippen molar-refractivity contribution in [1.29, 1.82) is 0 Å². The number of halogens is 2. The summed E-state index contributed by atoms with van der Waals surface area (Å²) >= 11 is 11.7. The smallest absolute Gasteiger partial charge is 0.257 e. The normalized spacial score (nSPS) is 13.0. The van der Waals surface area contributed by atoms with Gasteiger partial charge in [0.05, 0.1) is 22.6 Å². The third-order valence-corrected chi connectivity index (χ3v) is 4.11. The molecule has 0 saturated carbocycles. The molecule has 0 spiro atoms. The SMILES string of the molecule is O=C1Nc2cc(Cl)ccc2N(C(=O)CCCCl)c2ccccc21. The molecule has 1 aliphatic heterocycles. The first-order valence-corrected chi connectivity index (χ1v) is 8.12. The summed E-state index contributed by atoms with van der Waals surface area (Å²) in [5, 5.41) is 3.31. The van der Waals surface area contributed by atoms with Gasteiger partial charge >= 0.3 is 0 Å². The minimum absolute atomic E-state index is 0.113. The van der Waals surface area contributed by atoms with Crippen LogP contribution in [0.5, 0.6) is 0 Å². The van der Waals surface area contributed by atoms with Crippen molar-refractivity contribution in [3.05, 3.63) is 53.1 Å². The third kappa shape index (κ3) is 3.05. The van der Waals surface area contributed by atoms with Gasteiger partial charge in [-0.15, -0.1) is 11.6 Å². The van der Waals surface area contributed by atoms with Gasteiger partial charge in [-0.3, -0.25) is 14.5 Å². The number of para-hydroxylation sites is 1. The lowest BCUT2D eigenvalue weighted by Gasteiger charge is -2.24. The standard InChI is InChI=1S/C17H14Cl2N2O2/c18-9-3-6-16(22)21-14-5-2-1-4-12(14)17(23)20-13-10-11(19)7-8-15(13)21/h1-2,4-5,7-8,10H,3,6,9H2,(H,20,23). The zero-order valence-electron chi connectivity index (χ0n) is 12.2. The van der Waals surface area contributed by atoms with Gasteiger partial charge in [0.15, 0.2) is 0 Å². The summed E-state index contributed by atoms with van der Waals surface area (Å²) in [6.07, 6.45) is 0.872. The van der Waals surface area contributed by atoms with E-state index in [2.05, 4.69) is 5.32 Å².